The number of carbonyl (C=O) groups excluding carboxylic acids is 1. The van der Waals surface area contributed by atoms with E-state index in [1.807, 2.05) is 22.9 Å². The van der Waals surface area contributed by atoms with Gasteiger partial charge in [0.15, 0.2) is 6.29 Å². The molecule has 0 aliphatic heterocycles. The van der Waals surface area contributed by atoms with Crippen LogP contribution in [0.3, 0.4) is 0 Å². The molecule has 1 aromatic rings. The Hall–Kier alpha value is -0.930. The molecule has 0 bridgehead atoms. The van der Waals surface area contributed by atoms with Crippen molar-refractivity contribution in [1.82, 2.24) is 0 Å². The summed E-state index contributed by atoms with van der Waals surface area (Å²) in [5.74, 6) is 0. The molecule has 0 aliphatic rings. The summed E-state index contributed by atoms with van der Waals surface area (Å²) in [6.07, 6.45) is 4.54. The Kier molecular flexibility index (Phi) is 3.01. The highest BCUT2D eigenvalue weighted by atomic mass is 32.1. The van der Waals surface area contributed by atoms with Crippen LogP contribution >= 0.6 is 11.3 Å². The van der Waals surface area contributed by atoms with Gasteiger partial charge in [-0.1, -0.05) is 12.2 Å². The van der Waals surface area contributed by atoms with Crippen LogP contribution in [0.15, 0.2) is 16.8 Å². The third-order valence-corrected chi connectivity index (χ3v) is 2.06. The third-order valence-electron chi connectivity index (χ3n) is 1.28. The number of thiophene rings is 1. The van der Waals surface area contributed by atoms with Gasteiger partial charge in [-0.3, -0.25) is 4.79 Å². The van der Waals surface area contributed by atoms with Crippen molar-refractivity contribution in [2.75, 3.05) is 6.54 Å². The normalized spacial score (nSPS) is 10.6. The van der Waals surface area contributed by atoms with Crippen LogP contribution in [-0.4, -0.2) is 12.8 Å². The molecular weight excluding hydrogens is 158 g/mol. The molecule has 3 heteroatoms. The maximum absolute atomic E-state index is 10.4. The Morgan fingerprint density at radius 2 is 2.18 bits per heavy atom. The lowest BCUT2D eigenvalue weighted by Gasteiger charge is -1.86. The quantitative estimate of drug-likeness (QED) is 0.694. The van der Waals surface area contributed by atoms with Crippen LogP contribution in [-0.2, 0) is 0 Å². The lowest BCUT2D eigenvalue weighted by molar-refractivity contribution is 0.112. The van der Waals surface area contributed by atoms with Gasteiger partial charge >= 0.3 is 0 Å². The minimum Gasteiger partial charge on any atom is -0.327 e. The highest BCUT2D eigenvalue weighted by Gasteiger charge is 1.96. The molecule has 2 N–H and O–H groups in total. The first-order valence-corrected chi connectivity index (χ1v) is 4.20. The van der Waals surface area contributed by atoms with E-state index in [0.717, 1.165) is 17.4 Å². The summed E-state index contributed by atoms with van der Waals surface area (Å²) < 4.78 is 0. The van der Waals surface area contributed by atoms with Gasteiger partial charge in [-0.05, 0) is 10.9 Å². The summed E-state index contributed by atoms with van der Waals surface area (Å²) in [6.45, 7) is 0.508. The summed E-state index contributed by atoms with van der Waals surface area (Å²) in [5, 5.41) is 3.75. The van der Waals surface area contributed by atoms with Crippen molar-refractivity contribution in [3.8, 4) is 0 Å². The van der Waals surface area contributed by atoms with E-state index in [2.05, 4.69) is 0 Å². The van der Waals surface area contributed by atoms with Crippen LogP contribution in [0.4, 0.5) is 0 Å². The Morgan fingerprint density at radius 1 is 1.45 bits per heavy atom. The van der Waals surface area contributed by atoms with Crippen LogP contribution in [0.25, 0.3) is 6.08 Å². The topological polar surface area (TPSA) is 43.1 Å². The van der Waals surface area contributed by atoms with E-state index in [0.29, 0.717) is 6.54 Å². The molecule has 1 heterocycles. The molecule has 0 unspecified atom stereocenters. The summed E-state index contributed by atoms with van der Waals surface area (Å²) in [7, 11) is 0. The fourth-order valence-electron chi connectivity index (χ4n) is 0.743. The van der Waals surface area contributed by atoms with E-state index >= 15 is 0 Å². The zero-order valence-electron chi connectivity index (χ0n) is 5.99. The average Bonchev–Trinajstić information content (AvgIpc) is 2.47. The summed E-state index contributed by atoms with van der Waals surface area (Å²) in [4.78, 5) is 10.4. The van der Waals surface area contributed by atoms with Gasteiger partial charge in [0.05, 0.1) is 0 Å². The molecule has 1 rings (SSSR count). The van der Waals surface area contributed by atoms with Crippen molar-refractivity contribution in [1.29, 1.82) is 0 Å². The second-order valence-corrected chi connectivity index (χ2v) is 2.78. The zero-order chi connectivity index (χ0) is 8.10. The Labute approximate surface area is 69.3 Å². The van der Waals surface area contributed by atoms with Crippen molar-refractivity contribution >= 4 is 23.7 Å². The number of carbonyl (C=O) groups is 1. The molecule has 0 radical (unpaired) electrons. The number of hydrogen-bond donors (Lipinski definition) is 1. The SMILES string of the molecule is NCC=Cc1cscc1C=O. The van der Waals surface area contributed by atoms with Crippen molar-refractivity contribution in [3.63, 3.8) is 0 Å². The fraction of sp³-hybridized carbons (Fsp3) is 0.125. The van der Waals surface area contributed by atoms with Crippen molar-refractivity contribution in [2.45, 2.75) is 0 Å². The van der Waals surface area contributed by atoms with Crippen LogP contribution < -0.4 is 5.73 Å². The molecule has 0 fully saturated rings. The molecule has 0 amide bonds. The van der Waals surface area contributed by atoms with Gasteiger partial charge in [-0.25, -0.2) is 0 Å². The molecule has 0 spiro atoms. The Morgan fingerprint density at radius 3 is 2.82 bits per heavy atom. The van der Waals surface area contributed by atoms with E-state index < -0.39 is 0 Å². The lowest BCUT2D eigenvalue weighted by Crippen LogP contribution is -1.92. The molecule has 0 saturated heterocycles. The zero-order valence-corrected chi connectivity index (χ0v) is 6.80. The predicted octanol–water partition coefficient (Wildman–Crippen LogP) is 1.53. The second-order valence-electron chi connectivity index (χ2n) is 2.04. The van der Waals surface area contributed by atoms with Gasteiger partial charge in [-0.2, -0.15) is 11.3 Å². The maximum Gasteiger partial charge on any atom is 0.151 e. The molecule has 0 saturated carbocycles. The highest BCUT2D eigenvalue weighted by molar-refractivity contribution is 7.08. The number of nitrogens with two attached hydrogens (primary N) is 1. The number of hydrogen-bond acceptors (Lipinski definition) is 3. The van der Waals surface area contributed by atoms with E-state index in [-0.39, 0.29) is 0 Å². The monoisotopic (exact) mass is 167 g/mol. The second kappa shape index (κ2) is 4.05. The first kappa shape index (κ1) is 8.17. The lowest BCUT2D eigenvalue weighted by atomic mass is 10.2. The molecule has 2 nitrogen and oxygen atoms in total. The Bertz CT molecular complexity index is 265. The minimum atomic E-state index is 0.508. The first-order chi connectivity index (χ1) is 5.38. The summed E-state index contributed by atoms with van der Waals surface area (Å²) >= 11 is 1.52. The van der Waals surface area contributed by atoms with Crippen LogP contribution in [0.5, 0.6) is 0 Å². The van der Waals surface area contributed by atoms with Crippen LogP contribution in [0.1, 0.15) is 15.9 Å². The van der Waals surface area contributed by atoms with Crippen molar-refractivity contribution in [3.05, 3.63) is 28.0 Å². The Balaban J connectivity index is 2.84. The van der Waals surface area contributed by atoms with E-state index in [1.54, 1.807) is 0 Å². The first-order valence-electron chi connectivity index (χ1n) is 3.26. The van der Waals surface area contributed by atoms with Gasteiger partial charge < -0.3 is 5.73 Å². The van der Waals surface area contributed by atoms with Crippen molar-refractivity contribution in [2.24, 2.45) is 5.73 Å². The van der Waals surface area contributed by atoms with E-state index in [9.17, 15) is 4.79 Å². The fourth-order valence-corrected chi connectivity index (χ4v) is 1.51. The van der Waals surface area contributed by atoms with Gasteiger partial charge in [0.1, 0.15) is 0 Å². The van der Waals surface area contributed by atoms with Crippen LogP contribution in [0, 0.1) is 0 Å². The van der Waals surface area contributed by atoms with E-state index in [4.69, 9.17) is 5.73 Å². The minimum absolute atomic E-state index is 0.508. The summed E-state index contributed by atoms with van der Waals surface area (Å²) in [6, 6.07) is 0. The molecule has 0 atom stereocenters. The smallest absolute Gasteiger partial charge is 0.151 e. The maximum atomic E-state index is 10.4. The van der Waals surface area contributed by atoms with Gasteiger partial charge in [-0.15, -0.1) is 0 Å². The van der Waals surface area contributed by atoms with Gasteiger partial charge in [0.25, 0.3) is 0 Å². The van der Waals surface area contributed by atoms with Gasteiger partial charge in [0, 0.05) is 17.5 Å². The van der Waals surface area contributed by atoms with Crippen LogP contribution in [0.2, 0.25) is 0 Å². The number of aldehydes is 1. The third kappa shape index (κ3) is 2.00. The average molecular weight is 167 g/mol. The molecular formula is C8H9NOS. The van der Waals surface area contributed by atoms with Gasteiger partial charge in [0.2, 0.25) is 0 Å². The summed E-state index contributed by atoms with van der Waals surface area (Å²) in [5.41, 5.74) is 6.95. The number of rotatable bonds is 3. The van der Waals surface area contributed by atoms with Crippen molar-refractivity contribution < 1.29 is 4.79 Å². The van der Waals surface area contributed by atoms with E-state index in [1.165, 1.54) is 11.3 Å². The predicted molar refractivity (Wildman–Crippen MR) is 47.8 cm³/mol. The molecule has 11 heavy (non-hydrogen) atoms. The largest absolute Gasteiger partial charge is 0.327 e. The molecule has 0 aliphatic carbocycles. The molecule has 0 aromatic carbocycles. The molecule has 58 valence electrons. The highest BCUT2D eigenvalue weighted by Crippen LogP contribution is 2.13. The molecule has 1 aromatic heterocycles. The standard InChI is InChI=1S/C8H9NOS/c9-3-1-2-7-5-11-6-8(7)4-10/h1-2,4-6H,3,9H2.